The van der Waals surface area contributed by atoms with Crippen molar-refractivity contribution in [2.75, 3.05) is 33.3 Å². The van der Waals surface area contributed by atoms with Crippen LogP contribution < -0.4 is 0 Å². The zero-order chi connectivity index (χ0) is 18.1. The Labute approximate surface area is 153 Å². The quantitative estimate of drug-likeness (QED) is 0.834. The SMILES string of the molecule is CN1CC(c2ccccc2)C2(CN(C(=O)c3ccccc3)CCO2)C1=O. The number of likely N-dealkylation sites (tertiary alicyclic amines) is 1. The van der Waals surface area contributed by atoms with Crippen molar-refractivity contribution in [3.63, 3.8) is 0 Å². The maximum Gasteiger partial charge on any atom is 0.257 e. The van der Waals surface area contributed by atoms with E-state index < -0.39 is 5.60 Å². The average molecular weight is 350 g/mol. The van der Waals surface area contributed by atoms with E-state index in [-0.39, 0.29) is 24.3 Å². The van der Waals surface area contributed by atoms with Gasteiger partial charge in [0.1, 0.15) is 0 Å². The summed E-state index contributed by atoms with van der Waals surface area (Å²) in [5, 5.41) is 0. The highest BCUT2D eigenvalue weighted by Gasteiger charge is 2.57. The molecule has 5 heteroatoms. The highest BCUT2D eigenvalue weighted by atomic mass is 16.5. The predicted molar refractivity (Wildman–Crippen MR) is 97.8 cm³/mol. The van der Waals surface area contributed by atoms with Crippen LogP contribution in [0.2, 0.25) is 0 Å². The molecule has 2 amide bonds. The maximum absolute atomic E-state index is 13.0. The van der Waals surface area contributed by atoms with Gasteiger partial charge in [0, 0.05) is 31.6 Å². The van der Waals surface area contributed by atoms with Crippen LogP contribution in [0.1, 0.15) is 21.8 Å². The molecular formula is C21H22N2O3. The summed E-state index contributed by atoms with van der Waals surface area (Å²) in [6.07, 6.45) is 0. The van der Waals surface area contributed by atoms with Crippen molar-refractivity contribution in [1.82, 2.24) is 9.80 Å². The van der Waals surface area contributed by atoms with Gasteiger partial charge in [0.15, 0.2) is 5.60 Å². The average Bonchev–Trinajstić information content (AvgIpc) is 2.94. The number of morpholine rings is 1. The zero-order valence-electron chi connectivity index (χ0n) is 14.8. The zero-order valence-corrected chi connectivity index (χ0v) is 14.8. The molecule has 2 atom stereocenters. The molecule has 0 N–H and O–H groups in total. The molecule has 134 valence electrons. The minimum atomic E-state index is -1.00. The number of ether oxygens (including phenoxy) is 1. The van der Waals surface area contributed by atoms with Crippen LogP contribution in [0, 0.1) is 0 Å². The molecule has 2 aromatic carbocycles. The van der Waals surface area contributed by atoms with Gasteiger partial charge >= 0.3 is 0 Å². The minimum Gasteiger partial charge on any atom is -0.361 e. The summed E-state index contributed by atoms with van der Waals surface area (Å²) in [5.41, 5.74) is 0.706. The highest BCUT2D eigenvalue weighted by Crippen LogP contribution is 2.41. The molecule has 2 aliphatic heterocycles. The second kappa shape index (κ2) is 6.57. The first-order valence-corrected chi connectivity index (χ1v) is 8.90. The summed E-state index contributed by atoms with van der Waals surface area (Å²) in [6.45, 7) is 1.73. The molecule has 0 aromatic heterocycles. The van der Waals surface area contributed by atoms with Crippen LogP contribution in [-0.2, 0) is 9.53 Å². The lowest BCUT2D eigenvalue weighted by Gasteiger charge is -2.42. The van der Waals surface area contributed by atoms with Gasteiger partial charge in [0.2, 0.25) is 0 Å². The maximum atomic E-state index is 13.0. The number of benzene rings is 2. The number of hydrogen-bond donors (Lipinski definition) is 0. The van der Waals surface area contributed by atoms with E-state index in [1.807, 2.05) is 60.7 Å². The molecule has 2 aliphatic rings. The van der Waals surface area contributed by atoms with Gasteiger partial charge in [-0.2, -0.15) is 0 Å². The van der Waals surface area contributed by atoms with Gasteiger partial charge in [-0.25, -0.2) is 0 Å². The molecule has 2 aromatic rings. The van der Waals surface area contributed by atoms with Crippen molar-refractivity contribution >= 4 is 11.8 Å². The molecule has 2 fully saturated rings. The van der Waals surface area contributed by atoms with E-state index in [1.165, 1.54) is 0 Å². The Kier molecular flexibility index (Phi) is 4.24. The molecule has 0 radical (unpaired) electrons. The molecular weight excluding hydrogens is 328 g/mol. The summed E-state index contributed by atoms with van der Waals surface area (Å²) in [7, 11) is 1.80. The largest absolute Gasteiger partial charge is 0.361 e. The molecule has 0 saturated carbocycles. The first-order valence-electron chi connectivity index (χ1n) is 8.90. The molecule has 2 unspecified atom stereocenters. The number of rotatable bonds is 2. The van der Waals surface area contributed by atoms with Gasteiger partial charge in [0.05, 0.1) is 13.2 Å². The Hall–Kier alpha value is -2.66. The number of amides is 2. The summed E-state index contributed by atoms with van der Waals surface area (Å²) < 4.78 is 6.11. The molecule has 5 nitrogen and oxygen atoms in total. The lowest BCUT2D eigenvalue weighted by molar-refractivity contribution is -0.159. The predicted octanol–water partition coefficient (Wildman–Crippen LogP) is 2.15. The van der Waals surface area contributed by atoms with Gasteiger partial charge in [0.25, 0.3) is 11.8 Å². The Morgan fingerprint density at radius 1 is 1.08 bits per heavy atom. The molecule has 0 aliphatic carbocycles. The fourth-order valence-corrected chi connectivity index (χ4v) is 4.06. The second-order valence-electron chi connectivity index (χ2n) is 6.98. The van der Waals surface area contributed by atoms with E-state index >= 15 is 0 Å². The first-order chi connectivity index (χ1) is 12.6. The smallest absolute Gasteiger partial charge is 0.257 e. The van der Waals surface area contributed by atoms with Crippen LogP contribution in [0.4, 0.5) is 0 Å². The fraction of sp³-hybridized carbons (Fsp3) is 0.333. The molecule has 2 saturated heterocycles. The topological polar surface area (TPSA) is 49.9 Å². The molecule has 0 bridgehead atoms. The molecule has 4 rings (SSSR count). The second-order valence-corrected chi connectivity index (χ2v) is 6.98. The van der Waals surface area contributed by atoms with Crippen LogP contribution >= 0.6 is 0 Å². The van der Waals surface area contributed by atoms with Crippen LogP contribution in [0.3, 0.4) is 0 Å². The van der Waals surface area contributed by atoms with E-state index in [1.54, 1.807) is 16.8 Å². The number of hydrogen-bond acceptors (Lipinski definition) is 3. The van der Waals surface area contributed by atoms with Crippen LogP contribution in [-0.4, -0.2) is 60.5 Å². The summed E-state index contributed by atoms with van der Waals surface area (Å²) in [4.78, 5) is 29.4. The number of carbonyl (C=O) groups excluding carboxylic acids is 2. The van der Waals surface area contributed by atoms with Crippen molar-refractivity contribution in [2.24, 2.45) is 0 Å². The van der Waals surface area contributed by atoms with Crippen molar-refractivity contribution in [3.8, 4) is 0 Å². The van der Waals surface area contributed by atoms with E-state index in [9.17, 15) is 9.59 Å². The summed E-state index contributed by atoms with van der Waals surface area (Å²) in [6, 6.07) is 19.2. The standard InChI is InChI=1S/C21H22N2O3/c1-22-14-18(16-8-4-2-5-9-16)21(20(22)25)15-23(12-13-26-21)19(24)17-10-6-3-7-11-17/h2-11,18H,12-15H2,1H3. The normalized spacial score (nSPS) is 25.7. The van der Waals surface area contributed by atoms with Crippen molar-refractivity contribution in [2.45, 2.75) is 11.5 Å². The third-order valence-electron chi connectivity index (χ3n) is 5.38. The van der Waals surface area contributed by atoms with Crippen molar-refractivity contribution in [1.29, 1.82) is 0 Å². The fourth-order valence-electron chi connectivity index (χ4n) is 4.06. The van der Waals surface area contributed by atoms with Gasteiger partial charge in [-0.1, -0.05) is 48.5 Å². The van der Waals surface area contributed by atoms with Crippen LogP contribution in [0.25, 0.3) is 0 Å². The van der Waals surface area contributed by atoms with Crippen molar-refractivity contribution < 1.29 is 14.3 Å². The van der Waals surface area contributed by atoms with Gasteiger partial charge in [-0.15, -0.1) is 0 Å². The lowest BCUT2D eigenvalue weighted by atomic mass is 9.83. The third-order valence-corrected chi connectivity index (χ3v) is 5.38. The van der Waals surface area contributed by atoms with E-state index in [0.717, 1.165) is 5.56 Å². The molecule has 2 heterocycles. The molecule has 1 spiro atoms. The summed E-state index contributed by atoms with van der Waals surface area (Å²) in [5.74, 6) is -0.188. The van der Waals surface area contributed by atoms with Crippen LogP contribution in [0.15, 0.2) is 60.7 Å². The Bertz CT molecular complexity index is 809. The molecule has 26 heavy (non-hydrogen) atoms. The van der Waals surface area contributed by atoms with Gasteiger partial charge < -0.3 is 14.5 Å². The van der Waals surface area contributed by atoms with E-state index in [4.69, 9.17) is 4.74 Å². The minimum absolute atomic E-state index is 0.0445. The van der Waals surface area contributed by atoms with Gasteiger partial charge in [-0.05, 0) is 17.7 Å². The lowest BCUT2D eigenvalue weighted by Crippen LogP contribution is -2.59. The number of carbonyl (C=O) groups is 2. The Morgan fingerprint density at radius 3 is 2.42 bits per heavy atom. The number of nitrogens with zero attached hydrogens (tertiary/aromatic N) is 2. The monoisotopic (exact) mass is 350 g/mol. The first kappa shape index (κ1) is 16.8. The van der Waals surface area contributed by atoms with E-state index in [0.29, 0.717) is 25.3 Å². The third kappa shape index (κ3) is 2.69. The number of likely N-dealkylation sites (N-methyl/N-ethyl adjacent to an activating group) is 1. The van der Waals surface area contributed by atoms with E-state index in [2.05, 4.69) is 0 Å². The Balaban J connectivity index is 1.67. The van der Waals surface area contributed by atoms with Crippen molar-refractivity contribution in [3.05, 3.63) is 71.8 Å². The van der Waals surface area contributed by atoms with Gasteiger partial charge in [-0.3, -0.25) is 9.59 Å². The summed E-state index contributed by atoms with van der Waals surface area (Å²) >= 11 is 0. The highest BCUT2D eigenvalue weighted by molar-refractivity contribution is 5.96. The Morgan fingerprint density at radius 2 is 1.73 bits per heavy atom. The van der Waals surface area contributed by atoms with Crippen LogP contribution in [0.5, 0.6) is 0 Å².